The molecule has 5 heteroatoms. The van der Waals surface area contributed by atoms with Crippen LogP contribution in [0.2, 0.25) is 0 Å². The van der Waals surface area contributed by atoms with Gasteiger partial charge in [0, 0.05) is 11.0 Å². The van der Waals surface area contributed by atoms with E-state index >= 15 is 0 Å². The summed E-state index contributed by atoms with van der Waals surface area (Å²) in [4.78, 5) is 14.6. The van der Waals surface area contributed by atoms with Gasteiger partial charge in [-0.1, -0.05) is 34.1 Å². The van der Waals surface area contributed by atoms with Gasteiger partial charge in [0.05, 0.1) is 26.2 Å². The van der Waals surface area contributed by atoms with Gasteiger partial charge >= 0.3 is 0 Å². The number of carbonyl (C=O) groups is 1. The summed E-state index contributed by atoms with van der Waals surface area (Å²) in [6.45, 7) is 1.19. The van der Waals surface area contributed by atoms with Gasteiger partial charge in [-0.2, -0.15) is 0 Å². The van der Waals surface area contributed by atoms with Crippen molar-refractivity contribution in [3.05, 3.63) is 58.6 Å². The number of rotatable bonds is 6. The molecule has 1 saturated heterocycles. The van der Waals surface area contributed by atoms with Crippen LogP contribution in [0, 0.1) is 0 Å². The summed E-state index contributed by atoms with van der Waals surface area (Å²) in [5.74, 6) is 1.74. The second kappa shape index (κ2) is 8.39. The summed E-state index contributed by atoms with van der Waals surface area (Å²) in [5.41, 5.74) is 1.14. The first-order valence-corrected chi connectivity index (χ1v) is 9.28. The molecule has 1 unspecified atom stereocenters. The number of hydrogen-bond donors (Lipinski definition) is 0. The number of amides is 1. The fourth-order valence-corrected chi connectivity index (χ4v) is 3.60. The maximum absolute atomic E-state index is 12.6. The van der Waals surface area contributed by atoms with Crippen molar-refractivity contribution in [2.24, 2.45) is 0 Å². The Morgan fingerprint density at radius 1 is 1.20 bits per heavy atom. The van der Waals surface area contributed by atoms with E-state index in [-0.39, 0.29) is 11.9 Å². The lowest BCUT2D eigenvalue weighted by molar-refractivity contribution is -0.132. The average molecular weight is 404 g/mol. The predicted octanol–water partition coefficient (Wildman–Crippen LogP) is 4.59. The van der Waals surface area contributed by atoms with Gasteiger partial charge in [-0.15, -0.1) is 0 Å². The van der Waals surface area contributed by atoms with Crippen molar-refractivity contribution < 1.29 is 14.3 Å². The number of ether oxygens (including phenoxy) is 2. The molecular weight excluding hydrogens is 382 g/mol. The third-order valence-corrected chi connectivity index (χ3v) is 4.93. The van der Waals surface area contributed by atoms with Crippen molar-refractivity contribution in [1.82, 2.24) is 4.90 Å². The summed E-state index contributed by atoms with van der Waals surface area (Å²) in [6.07, 6.45) is 2.40. The molecule has 0 saturated carbocycles. The number of halogens is 1. The molecule has 4 nitrogen and oxygen atoms in total. The van der Waals surface area contributed by atoms with Crippen LogP contribution in [0.15, 0.2) is 53.0 Å². The lowest BCUT2D eigenvalue weighted by Gasteiger charge is -2.25. The Kier molecular flexibility index (Phi) is 5.97. The fourth-order valence-electron chi connectivity index (χ4n) is 3.22. The van der Waals surface area contributed by atoms with Gasteiger partial charge in [-0.25, -0.2) is 0 Å². The standard InChI is InChI=1S/C20H22BrNO3/c1-24-17-7-2-5-15(13-17)19-9-4-11-22(19)20(23)10-12-25-18-8-3-6-16(21)14-18/h2-3,5-8,13-14,19H,4,9-12H2,1H3. The summed E-state index contributed by atoms with van der Waals surface area (Å²) in [5, 5.41) is 0. The van der Waals surface area contributed by atoms with Gasteiger partial charge in [0.25, 0.3) is 0 Å². The van der Waals surface area contributed by atoms with E-state index in [0.29, 0.717) is 13.0 Å². The minimum Gasteiger partial charge on any atom is -0.497 e. The molecule has 2 aromatic rings. The van der Waals surface area contributed by atoms with E-state index in [9.17, 15) is 4.79 Å². The van der Waals surface area contributed by atoms with Gasteiger partial charge < -0.3 is 14.4 Å². The number of hydrogen-bond acceptors (Lipinski definition) is 3. The number of likely N-dealkylation sites (tertiary alicyclic amines) is 1. The molecule has 0 N–H and O–H groups in total. The minimum absolute atomic E-state index is 0.133. The summed E-state index contributed by atoms with van der Waals surface area (Å²) >= 11 is 3.42. The van der Waals surface area contributed by atoms with E-state index in [1.807, 2.05) is 47.4 Å². The highest BCUT2D eigenvalue weighted by Gasteiger charge is 2.29. The summed E-state index contributed by atoms with van der Waals surface area (Å²) in [6, 6.07) is 15.8. The van der Waals surface area contributed by atoms with Crippen molar-refractivity contribution in [2.75, 3.05) is 20.3 Å². The number of methoxy groups -OCH3 is 1. The first kappa shape index (κ1) is 17.8. The van der Waals surface area contributed by atoms with E-state index in [1.54, 1.807) is 7.11 Å². The van der Waals surface area contributed by atoms with E-state index in [1.165, 1.54) is 0 Å². The van der Waals surface area contributed by atoms with Crippen molar-refractivity contribution in [1.29, 1.82) is 0 Å². The lowest BCUT2D eigenvalue weighted by atomic mass is 10.0. The molecule has 0 aromatic heterocycles. The SMILES string of the molecule is COc1cccc(C2CCCN2C(=O)CCOc2cccc(Br)c2)c1. The molecule has 3 rings (SSSR count). The molecule has 1 amide bonds. The first-order chi connectivity index (χ1) is 12.2. The largest absolute Gasteiger partial charge is 0.497 e. The van der Waals surface area contributed by atoms with Gasteiger partial charge in [-0.3, -0.25) is 4.79 Å². The molecule has 1 heterocycles. The van der Waals surface area contributed by atoms with E-state index in [2.05, 4.69) is 22.0 Å². The number of benzene rings is 2. The average Bonchev–Trinajstić information content (AvgIpc) is 3.12. The molecule has 132 valence electrons. The quantitative estimate of drug-likeness (QED) is 0.707. The molecule has 1 aliphatic heterocycles. The topological polar surface area (TPSA) is 38.8 Å². The van der Waals surface area contributed by atoms with Crippen LogP contribution in [0.5, 0.6) is 11.5 Å². The van der Waals surface area contributed by atoms with Crippen LogP contribution in [0.4, 0.5) is 0 Å². The Labute approximate surface area is 156 Å². The highest BCUT2D eigenvalue weighted by molar-refractivity contribution is 9.10. The molecule has 25 heavy (non-hydrogen) atoms. The second-order valence-corrected chi connectivity index (χ2v) is 6.99. The first-order valence-electron chi connectivity index (χ1n) is 8.49. The minimum atomic E-state index is 0.133. The number of carbonyl (C=O) groups excluding carboxylic acids is 1. The normalized spacial score (nSPS) is 16.7. The van der Waals surface area contributed by atoms with Gasteiger partial charge in [0.15, 0.2) is 0 Å². The van der Waals surface area contributed by atoms with Crippen LogP contribution in [-0.2, 0) is 4.79 Å². The van der Waals surface area contributed by atoms with Gasteiger partial charge in [-0.05, 0) is 48.7 Å². The fraction of sp³-hybridized carbons (Fsp3) is 0.350. The zero-order valence-electron chi connectivity index (χ0n) is 14.3. The van der Waals surface area contributed by atoms with Crippen molar-refractivity contribution >= 4 is 21.8 Å². The molecule has 1 aliphatic rings. The Hall–Kier alpha value is -2.01. The van der Waals surface area contributed by atoms with Crippen molar-refractivity contribution in [2.45, 2.75) is 25.3 Å². The lowest BCUT2D eigenvalue weighted by Crippen LogP contribution is -2.31. The monoisotopic (exact) mass is 403 g/mol. The zero-order valence-corrected chi connectivity index (χ0v) is 15.9. The van der Waals surface area contributed by atoms with E-state index in [0.717, 1.165) is 40.9 Å². The predicted molar refractivity (Wildman–Crippen MR) is 101 cm³/mol. The maximum Gasteiger partial charge on any atom is 0.226 e. The van der Waals surface area contributed by atoms with Gasteiger partial charge in [0.1, 0.15) is 11.5 Å². The smallest absolute Gasteiger partial charge is 0.226 e. The molecule has 0 radical (unpaired) electrons. The zero-order chi connectivity index (χ0) is 17.6. The maximum atomic E-state index is 12.6. The van der Waals surface area contributed by atoms with Crippen LogP contribution < -0.4 is 9.47 Å². The summed E-state index contributed by atoms with van der Waals surface area (Å²) in [7, 11) is 1.66. The Bertz CT molecular complexity index is 734. The Balaban J connectivity index is 1.58. The van der Waals surface area contributed by atoms with E-state index in [4.69, 9.17) is 9.47 Å². The third-order valence-electron chi connectivity index (χ3n) is 4.43. The third kappa shape index (κ3) is 4.54. The van der Waals surface area contributed by atoms with Crippen molar-refractivity contribution in [3.8, 4) is 11.5 Å². The molecule has 1 fully saturated rings. The van der Waals surface area contributed by atoms with Gasteiger partial charge in [0.2, 0.25) is 5.91 Å². The molecular formula is C20H22BrNO3. The second-order valence-electron chi connectivity index (χ2n) is 6.08. The summed E-state index contributed by atoms with van der Waals surface area (Å²) < 4.78 is 12.0. The van der Waals surface area contributed by atoms with E-state index < -0.39 is 0 Å². The number of nitrogens with zero attached hydrogens (tertiary/aromatic N) is 1. The molecule has 0 aliphatic carbocycles. The van der Waals surface area contributed by atoms with Crippen molar-refractivity contribution in [3.63, 3.8) is 0 Å². The van der Waals surface area contributed by atoms with Crippen LogP contribution in [-0.4, -0.2) is 31.1 Å². The Morgan fingerprint density at radius 3 is 2.80 bits per heavy atom. The van der Waals surface area contributed by atoms with Crippen LogP contribution in [0.1, 0.15) is 30.9 Å². The molecule has 0 spiro atoms. The van der Waals surface area contributed by atoms with Crippen LogP contribution in [0.3, 0.4) is 0 Å². The molecule has 1 atom stereocenters. The highest BCUT2D eigenvalue weighted by atomic mass is 79.9. The highest BCUT2D eigenvalue weighted by Crippen LogP contribution is 2.33. The molecule has 2 aromatic carbocycles. The Morgan fingerprint density at radius 2 is 2.00 bits per heavy atom. The van der Waals surface area contributed by atoms with Crippen LogP contribution >= 0.6 is 15.9 Å². The molecule has 0 bridgehead atoms. The van der Waals surface area contributed by atoms with Crippen LogP contribution in [0.25, 0.3) is 0 Å².